The van der Waals surface area contributed by atoms with Crippen LogP contribution in [0.1, 0.15) is 73.0 Å². The highest BCUT2D eigenvalue weighted by Gasteiger charge is 2.34. The third kappa shape index (κ3) is 7.64. The van der Waals surface area contributed by atoms with Gasteiger partial charge in [0, 0.05) is 62.6 Å². The van der Waals surface area contributed by atoms with Crippen molar-refractivity contribution in [2.75, 3.05) is 39.8 Å². The molecule has 1 fully saturated rings. The second-order valence-corrected chi connectivity index (χ2v) is 13.0. The number of carbonyl (C=O) groups excluding carboxylic acids is 3. The number of hydrogen-bond acceptors (Lipinski definition) is 8. The number of piperazine rings is 1. The van der Waals surface area contributed by atoms with Crippen molar-refractivity contribution >= 4 is 18.3 Å². The summed E-state index contributed by atoms with van der Waals surface area (Å²) < 4.78 is 28.6. The fraction of sp³-hybridized carbons (Fsp3) is 0.486. The molecule has 0 spiro atoms. The van der Waals surface area contributed by atoms with E-state index < -0.39 is 23.4 Å². The Morgan fingerprint density at radius 3 is 2.43 bits per heavy atom. The number of imidazole rings is 1. The van der Waals surface area contributed by atoms with Crippen molar-refractivity contribution in [1.82, 2.24) is 24.3 Å². The predicted molar refractivity (Wildman–Crippen MR) is 172 cm³/mol. The second kappa shape index (κ2) is 14.1. The maximum absolute atomic E-state index is 15.7. The van der Waals surface area contributed by atoms with Gasteiger partial charge in [0.05, 0.1) is 18.6 Å². The molecule has 0 N–H and O–H groups in total. The zero-order valence-corrected chi connectivity index (χ0v) is 27.4. The lowest BCUT2D eigenvalue weighted by Gasteiger charge is -2.35. The third-order valence-corrected chi connectivity index (χ3v) is 8.48. The molecular weight excluding hydrogens is 589 g/mol. The van der Waals surface area contributed by atoms with E-state index in [4.69, 9.17) is 9.47 Å². The number of benzene rings is 2. The SMILES string of the molecule is CCOC(=O)C(c1ncn2c1CCC2)N(C)Cc1c(F)cc(-c2ccc(CN3CCN(C(=O)OC(C)(C)C)CC3)cc2)cc1C=O. The predicted octanol–water partition coefficient (Wildman–Crippen LogP) is 5.24. The normalized spacial score (nSPS) is 15.9. The van der Waals surface area contributed by atoms with E-state index in [-0.39, 0.29) is 30.4 Å². The van der Waals surface area contributed by atoms with Crippen LogP contribution in [0.4, 0.5) is 9.18 Å². The van der Waals surface area contributed by atoms with Crippen LogP contribution < -0.4 is 0 Å². The van der Waals surface area contributed by atoms with Crippen molar-refractivity contribution in [3.63, 3.8) is 0 Å². The largest absolute Gasteiger partial charge is 0.465 e. The average Bonchev–Trinajstić information content (AvgIpc) is 3.63. The van der Waals surface area contributed by atoms with Crippen LogP contribution in [0.2, 0.25) is 0 Å². The topological polar surface area (TPSA) is 97.2 Å². The average molecular weight is 634 g/mol. The van der Waals surface area contributed by atoms with Gasteiger partial charge in [0.25, 0.3) is 0 Å². The lowest BCUT2D eigenvalue weighted by molar-refractivity contribution is -0.149. The van der Waals surface area contributed by atoms with Crippen LogP contribution in [-0.2, 0) is 40.3 Å². The fourth-order valence-corrected chi connectivity index (χ4v) is 6.17. The van der Waals surface area contributed by atoms with Crippen LogP contribution in [0, 0.1) is 5.82 Å². The number of aromatic nitrogens is 2. The Hall–Kier alpha value is -4.09. The number of likely N-dealkylation sites (N-methyl/N-ethyl adjacent to an activating group) is 1. The Labute approximate surface area is 270 Å². The van der Waals surface area contributed by atoms with Gasteiger partial charge in [0.15, 0.2) is 12.3 Å². The van der Waals surface area contributed by atoms with Crippen LogP contribution in [0.3, 0.4) is 0 Å². The number of ether oxygens (including phenoxy) is 2. The lowest BCUT2D eigenvalue weighted by atomic mass is 9.97. The van der Waals surface area contributed by atoms with Gasteiger partial charge in [-0.25, -0.2) is 19.0 Å². The lowest BCUT2D eigenvalue weighted by Crippen LogP contribution is -2.49. The number of carbonyl (C=O) groups is 3. The van der Waals surface area contributed by atoms with Crippen LogP contribution in [0.25, 0.3) is 11.1 Å². The first-order valence-corrected chi connectivity index (χ1v) is 16.0. The molecular formula is C35H44FN5O5. The van der Waals surface area contributed by atoms with Crippen molar-refractivity contribution < 1.29 is 28.2 Å². The zero-order chi connectivity index (χ0) is 33.0. The molecule has 3 heterocycles. The molecule has 3 aromatic rings. The molecule has 1 unspecified atom stereocenters. The number of esters is 1. The molecule has 2 aliphatic heterocycles. The molecule has 0 bridgehead atoms. The molecule has 5 rings (SSSR count). The standard InChI is InChI=1S/C35H44FN5O5/c1-6-45-33(43)32(31-30-8-7-13-41(30)23-37-31)38(5)21-28-27(22-42)18-26(19-29(28)36)25-11-9-24(10-12-25)20-39-14-16-40(17-15-39)34(44)46-35(2,3)4/h9-12,18-19,22-23,32H,6-8,13-17,20-21H2,1-5H3. The van der Waals surface area contributed by atoms with Crippen molar-refractivity contribution in [3.8, 4) is 11.1 Å². The van der Waals surface area contributed by atoms with Crippen molar-refractivity contribution in [1.29, 1.82) is 0 Å². The van der Waals surface area contributed by atoms with E-state index >= 15 is 4.39 Å². The Kier molecular flexibility index (Phi) is 10.2. The molecule has 0 aliphatic carbocycles. The molecule has 10 nitrogen and oxygen atoms in total. The number of halogens is 1. The Morgan fingerprint density at radius 1 is 1.07 bits per heavy atom. The van der Waals surface area contributed by atoms with E-state index in [9.17, 15) is 14.4 Å². The summed E-state index contributed by atoms with van der Waals surface area (Å²) in [5.74, 6) is -0.968. The smallest absolute Gasteiger partial charge is 0.410 e. The molecule has 1 aromatic heterocycles. The van der Waals surface area contributed by atoms with Gasteiger partial charge in [-0.1, -0.05) is 24.3 Å². The van der Waals surface area contributed by atoms with Crippen LogP contribution in [-0.4, -0.2) is 88.0 Å². The highest BCUT2D eigenvalue weighted by atomic mass is 19.1. The molecule has 1 saturated heterocycles. The van der Waals surface area contributed by atoms with Gasteiger partial charge >= 0.3 is 12.1 Å². The van der Waals surface area contributed by atoms with Crippen molar-refractivity contribution in [2.45, 2.75) is 71.8 Å². The number of fused-ring (bicyclic) bond motifs is 1. The molecule has 2 aromatic carbocycles. The first-order valence-electron chi connectivity index (χ1n) is 16.0. The van der Waals surface area contributed by atoms with Gasteiger partial charge in [0.2, 0.25) is 0 Å². The van der Waals surface area contributed by atoms with Crippen molar-refractivity contribution in [3.05, 3.63) is 76.6 Å². The molecule has 246 valence electrons. The van der Waals surface area contributed by atoms with E-state index in [0.717, 1.165) is 55.8 Å². The third-order valence-electron chi connectivity index (χ3n) is 8.48. The Morgan fingerprint density at radius 2 is 1.78 bits per heavy atom. The molecule has 1 atom stereocenters. The minimum Gasteiger partial charge on any atom is -0.465 e. The number of nitrogens with zero attached hydrogens (tertiary/aromatic N) is 5. The number of aldehydes is 1. The molecule has 2 aliphatic rings. The van der Waals surface area contributed by atoms with Gasteiger partial charge in [-0.15, -0.1) is 0 Å². The minimum absolute atomic E-state index is 0.0239. The Balaban J connectivity index is 1.26. The van der Waals surface area contributed by atoms with E-state index in [1.54, 1.807) is 36.2 Å². The second-order valence-electron chi connectivity index (χ2n) is 13.0. The minimum atomic E-state index is -0.819. The summed E-state index contributed by atoms with van der Waals surface area (Å²) in [5.41, 5.74) is 4.02. The number of hydrogen-bond donors (Lipinski definition) is 0. The molecule has 0 saturated carbocycles. The van der Waals surface area contributed by atoms with E-state index in [1.807, 2.05) is 49.6 Å². The molecule has 0 radical (unpaired) electrons. The maximum atomic E-state index is 15.7. The fourth-order valence-electron chi connectivity index (χ4n) is 6.17. The molecule has 46 heavy (non-hydrogen) atoms. The summed E-state index contributed by atoms with van der Waals surface area (Å²) in [6, 6.07) is 10.2. The van der Waals surface area contributed by atoms with E-state index in [2.05, 4.69) is 9.88 Å². The summed E-state index contributed by atoms with van der Waals surface area (Å²) in [6.45, 7) is 11.8. The van der Waals surface area contributed by atoms with Gasteiger partial charge in [0.1, 0.15) is 11.4 Å². The number of rotatable bonds is 10. The Bertz CT molecular complexity index is 1560. The quantitative estimate of drug-likeness (QED) is 0.221. The van der Waals surface area contributed by atoms with Gasteiger partial charge in [-0.05, 0) is 76.4 Å². The van der Waals surface area contributed by atoms with Crippen LogP contribution in [0.5, 0.6) is 0 Å². The summed E-state index contributed by atoms with van der Waals surface area (Å²) in [7, 11) is 1.72. The number of aryl methyl sites for hydroxylation is 1. The van der Waals surface area contributed by atoms with Gasteiger partial charge < -0.3 is 18.9 Å². The zero-order valence-electron chi connectivity index (χ0n) is 27.4. The molecule has 11 heteroatoms. The molecule has 1 amide bonds. The van der Waals surface area contributed by atoms with E-state index in [1.165, 1.54) is 6.07 Å². The van der Waals surface area contributed by atoms with Gasteiger partial charge in [-0.3, -0.25) is 14.6 Å². The summed E-state index contributed by atoms with van der Waals surface area (Å²) in [5, 5.41) is 0. The maximum Gasteiger partial charge on any atom is 0.410 e. The van der Waals surface area contributed by atoms with Crippen LogP contribution in [0.15, 0.2) is 42.7 Å². The van der Waals surface area contributed by atoms with E-state index in [0.29, 0.717) is 30.6 Å². The number of amides is 1. The monoisotopic (exact) mass is 633 g/mol. The highest BCUT2D eigenvalue weighted by molar-refractivity contribution is 5.82. The highest BCUT2D eigenvalue weighted by Crippen LogP contribution is 2.31. The summed E-state index contributed by atoms with van der Waals surface area (Å²) in [4.78, 5) is 47.9. The van der Waals surface area contributed by atoms with Crippen LogP contribution >= 0.6 is 0 Å². The first kappa shape index (κ1) is 33.3. The summed E-state index contributed by atoms with van der Waals surface area (Å²) in [6.07, 6.45) is 3.90. The summed E-state index contributed by atoms with van der Waals surface area (Å²) >= 11 is 0. The van der Waals surface area contributed by atoms with Gasteiger partial charge in [-0.2, -0.15) is 0 Å². The van der Waals surface area contributed by atoms with Crippen molar-refractivity contribution in [2.24, 2.45) is 0 Å². The first-order chi connectivity index (χ1) is 22.0.